The Hall–Kier alpha value is -0.0900. The second-order valence-electron chi connectivity index (χ2n) is 4.21. The Kier molecular flexibility index (Phi) is 2.84. The molecule has 1 fully saturated rings. The standard InChI is InChI=1S/C10H15NOS2/c1-7-8(2)12-9(11-7)14-6-10(3)4-13-5-10/h4-6H2,1-3H3. The molecule has 0 saturated carbocycles. The van der Waals surface area contributed by atoms with Gasteiger partial charge in [0.2, 0.25) is 0 Å². The summed E-state index contributed by atoms with van der Waals surface area (Å²) in [5.74, 6) is 4.62. The molecule has 0 amide bonds. The van der Waals surface area contributed by atoms with Crippen molar-refractivity contribution in [3.8, 4) is 0 Å². The second kappa shape index (κ2) is 3.81. The fourth-order valence-corrected chi connectivity index (χ4v) is 3.70. The zero-order chi connectivity index (χ0) is 10.2. The second-order valence-corrected chi connectivity index (χ2v) is 6.13. The van der Waals surface area contributed by atoms with Gasteiger partial charge in [-0.1, -0.05) is 18.7 Å². The molecule has 1 aromatic heterocycles. The molecule has 0 spiro atoms. The van der Waals surface area contributed by atoms with Gasteiger partial charge in [0.15, 0.2) is 0 Å². The minimum absolute atomic E-state index is 0.506. The molecule has 2 nitrogen and oxygen atoms in total. The molecule has 78 valence electrons. The molecule has 0 aliphatic carbocycles. The number of oxazole rings is 1. The Morgan fingerprint density at radius 1 is 1.50 bits per heavy atom. The van der Waals surface area contributed by atoms with Crippen LogP contribution in [0.15, 0.2) is 9.64 Å². The fourth-order valence-electron chi connectivity index (χ4n) is 1.27. The molecule has 1 saturated heterocycles. The van der Waals surface area contributed by atoms with E-state index in [1.54, 1.807) is 11.8 Å². The van der Waals surface area contributed by atoms with Crippen molar-refractivity contribution in [2.24, 2.45) is 5.41 Å². The van der Waals surface area contributed by atoms with Gasteiger partial charge < -0.3 is 4.42 Å². The van der Waals surface area contributed by atoms with Gasteiger partial charge in [0.1, 0.15) is 5.76 Å². The lowest BCUT2D eigenvalue weighted by Gasteiger charge is -2.36. The molecular formula is C10H15NOS2. The molecule has 14 heavy (non-hydrogen) atoms. The Morgan fingerprint density at radius 2 is 2.21 bits per heavy atom. The van der Waals surface area contributed by atoms with E-state index < -0.39 is 0 Å². The van der Waals surface area contributed by atoms with Gasteiger partial charge in [-0.3, -0.25) is 0 Å². The van der Waals surface area contributed by atoms with Crippen LogP contribution in [-0.2, 0) is 0 Å². The molecule has 1 aliphatic heterocycles. The van der Waals surface area contributed by atoms with Crippen LogP contribution in [0.1, 0.15) is 18.4 Å². The first kappa shape index (κ1) is 10.4. The van der Waals surface area contributed by atoms with Gasteiger partial charge in [0, 0.05) is 17.3 Å². The highest BCUT2D eigenvalue weighted by molar-refractivity contribution is 8.01. The SMILES string of the molecule is Cc1nc(SCC2(C)CSC2)oc1C. The maximum absolute atomic E-state index is 5.52. The van der Waals surface area contributed by atoms with Crippen LogP contribution < -0.4 is 0 Å². The highest BCUT2D eigenvalue weighted by Crippen LogP contribution is 2.41. The number of hydrogen-bond acceptors (Lipinski definition) is 4. The molecular weight excluding hydrogens is 214 g/mol. The average molecular weight is 229 g/mol. The van der Waals surface area contributed by atoms with Gasteiger partial charge >= 0.3 is 0 Å². The van der Waals surface area contributed by atoms with Gasteiger partial charge in [0.25, 0.3) is 5.22 Å². The number of nitrogens with zero attached hydrogens (tertiary/aromatic N) is 1. The molecule has 2 rings (SSSR count). The lowest BCUT2D eigenvalue weighted by Crippen LogP contribution is -2.34. The monoisotopic (exact) mass is 229 g/mol. The molecule has 4 heteroatoms. The number of hydrogen-bond donors (Lipinski definition) is 0. The number of rotatable bonds is 3. The third-order valence-corrected chi connectivity index (χ3v) is 5.52. The van der Waals surface area contributed by atoms with Gasteiger partial charge in [0.05, 0.1) is 5.69 Å². The highest BCUT2D eigenvalue weighted by Gasteiger charge is 2.33. The van der Waals surface area contributed by atoms with Crippen molar-refractivity contribution < 1.29 is 4.42 Å². The van der Waals surface area contributed by atoms with Crippen LogP contribution in [0.25, 0.3) is 0 Å². The Balaban J connectivity index is 1.91. The van der Waals surface area contributed by atoms with Crippen LogP contribution in [0, 0.1) is 19.3 Å². The summed E-state index contributed by atoms with van der Waals surface area (Å²) in [5, 5.41) is 0.832. The lowest BCUT2D eigenvalue weighted by molar-refractivity contribution is 0.425. The van der Waals surface area contributed by atoms with E-state index in [9.17, 15) is 0 Å². The molecule has 1 aliphatic rings. The van der Waals surface area contributed by atoms with Crippen LogP contribution in [-0.4, -0.2) is 22.2 Å². The summed E-state index contributed by atoms with van der Waals surface area (Å²) in [6.45, 7) is 6.29. The van der Waals surface area contributed by atoms with Crippen LogP contribution >= 0.6 is 23.5 Å². The molecule has 2 heterocycles. The van der Waals surface area contributed by atoms with Gasteiger partial charge in [-0.15, -0.1) is 0 Å². The number of aromatic nitrogens is 1. The largest absolute Gasteiger partial charge is 0.437 e. The van der Waals surface area contributed by atoms with E-state index in [1.807, 2.05) is 25.6 Å². The van der Waals surface area contributed by atoms with Crippen LogP contribution in [0.4, 0.5) is 0 Å². The van der Waals surface area contributed by atoms with E-state index in [2.05, 4.69) is 11.9 Å². The quantitative estimate of drug-likeness (QED) is 0.744. The van der Waals surface area contributed by atoms with Crippen molar-refractivity contribution in [1.29, 1.82) is 0 Å². The van der Waals surface area contributed by atoms with E-state index in [-0.39, 0.29) is 0 Å². The minimum atomic E-state index is 0.506. The van der Waals surface area contributed by atoms with E-state index >= 15 is 0 Å². The first-order valence-electron chi connectivity index (χ1n) is 4.74. The zero-order valence-corrected chi connectivity index (χ0v) is 10.4. The summed E-state index contributed by atoms with van der Waals surface area (Å²) in [5.41, 5.74) is 1.52. The van der Waals surface area contributed by atoms with Crippen LogP contribution in [0.3, 0.4) is 0 Å². The third-order valence-electron chi connectivity index (χ3n) is 2.45. The van der Waals surface area contributed by atoms with Crippen molar-refractivity contribution >= 4 is 23.5 Å². The van der Waals surface area contributed by atoms with Crippen molar-refractivity contribution in [2.45, 2.75) is 26.0 Å². The molecule has 0 bridgehead atoms. The molecule has 0 atom stereocenters. The topological polar surface area (TPSA) is 26.0 Å². The first-order valence-corrected chi connectivity index (χ1v) is 6.88. The predicted octanol–water partition coefficient (Wildman–Crippen LogP) is 3.14. The van der Waals surface area contributed by atoms with E-state index in [1.165, 1.54) is 11.5 Å². The van der Waals surface area contributed by atoms with E-state index in [0.29, 0.717) is 5.41 Å². The smallest absolute Gasteiger partial charge is 0.256 e. The van der Waals surface area contributed by atoms with E-state index in [0.717, 1.165) is 22.4 Å². The molecule has 0 aromatic carbocycles. The Morgan fingerprint density at radius 3 is 2.64 bits per heavy atom. The maximum Gasteiger partial charge on any atom is 0.256 e. The third kappa shape index (κ3) is 2.11. The Bertz CT molecular complexity index is 311. The lowest BCUT2D eigenvalue weighted by atomic mass is 9.98. The average Bonchev–Trinajstić information content (AvgIpc) is 2.40. The number of thioether (sulfide) groups is 2. The first-order chi connectivity index (χ1) is 6.59. The molecule has 1 aromatic rings. The van der Waals surface area contributed by atoms with Crippen molar-refractivity contribution in [1.82, 2.24) is 4.98 Å². The summed E-state index contributed by atoms with van der Waals surface area (Å²) >= 11 is 3.77. The summed E-state index contributed by atoms with van der Waals surface area (Å²) in [6.07, 6.45) is 0. The van der Waals surface area contributed by atoms with Crippen molar-refractivity contribution in [2.75, 3.05) is 17.3 Å². The molecule has 0 radical (unpaired) electrons. The maximum atomic E-state index is 5.52. The van der Waals surface area contributed by atoms with Crippen LogP contribution in [0.5, 0.6) is 0 Å². The molecule has 0 N–H and O–H groups in total. The van der Waals surface area contributed by atoms with Crippen molar-refractivity contribution in [3.05, 3.63) is 11.5 Å². The summed E-state index contributed by atoms with van der Waals surface area (Å²) in [7, 11) is 0. The van der Waals surface area contributed by atoms with Crippen molar-refractivity contribution in [3.63, 3.8) is 0 Å². The molecule has 0 unspecified atom stereocenters. The highest BCUT2D eigenvalue weighted by atomic mass is 32.2. The normalized spacial score (nSPS) is 19.4. The minimum Gasteiger partial charge on any atom is -0.437 e. The van der Waals surface area contributed by atoms with Gasteiger partial charge in [-0.05, 0) is 19.3 Å². The van der Waals surface area contributed by atoms with Gasteiger partial charge in [-0.25, -0.2) is 4.98 Å². The summed E-state index contributed by atoms with van der Waals surface area (Å²) in [6, 6.07) is 0. The predicted molar refractivity (Wildman–Crippen MR) is 62.1 cm³/mol. The summed E-state index contributed by atoms with van der Waals surface area (Å²) in [4.78, 5) is 4.36. The van der Waals surface area contributed by atoms with Crippen LogP contribution in [0.2, 0.25) is 0 Å². The summed E-state index contributed by atoms with van der Waals surface area (Å²) < 4.78 is 5.52. The zero-order valence-electron chi connectivity index (χ0n) is 8.79. The van der Waals surface area contributed by atoms with E-state index in [4.69, 9.17) is 4.42 Å². The Labute approximate surface area is 93.2 Å². The fraction of sp³-hybridized carbons (Fsp3) is 0.700. The van der Waals surface area contributed by atoms with Gasteiger partial charge in [-0.2, -0.15) is 11.8 Å². The number of aryl methyl sites for hydroxylation is 2.